The number of nitrogens with zero attached hydrogens (tertiary/aromatic N) is 5. The highest BCUT2D eigenvalue weighted by Gasteiger charge is 2.28. The summed E-state index contributed by atoms with van der Waals surface area (Å²) in [6.07, 6.45) is 4.40. The number of carbonyl (C=O) groups excluding carboxylic acids is 1. The fraction of sp³-hybridized carbons (Fsp3) is 0.591. The Hall–Kier alpha value is -1.96. The molecule has 2 aliphatic heterocycles. The molecular weight excluding hydrogens is 402 g/mol. The van der Waals surface area contributed by atoms with Gasteiger partial charge in [-0.05, 0) is 57.1 Å². The number of carbonyl (C=O) groups is 1. The topological polar surface area (TPSA) is 65.7 Å². The zero-order chi connectivity index (χ0) is 20.9. The minimum atomic E-state index is 0.229. The molecule has 1 aromatic carbocycles. The Bertz CT molecular complexity index is 832. The number of likely N-dealkylation sites (N-methyl/N-ethyl adjacent to an activating group) is 1. The zero-order valence-electron chi connectivity index (χ0n) is 17.6. The molecule has 1 unspecified atom stereocenters. The Morgan fingerprint density at radius 1 is 1.17 bits per heavy atom. The molecule has 2 saturated heterocycles. The molecule has 8 heteroatoms. The van der Waals surface area contributed by atoms with Crippen molar-refractivity contribution in [1.82, 2.24) is 24.8 Å². The van der Waals surface area contributed by atoms with Crippen molar-refractivity contribution in [2.24, 2.45) is 0 Å². The van der Waals surface area contributed by atoms with E-state index >= 15 is 0 Å². The highest BCUT2D eigenvalue weighted by Crippen LogP contribution is 2.20. The standard InChI is InChI=1S/C22H30ClN5O2/c1-26-11-3-4-19(16-26)27-12-14-28(15-13-27)21(29)6-2-5-20-24-22(25-30-20)17-7-9-18(23)10-8-17/h7-10,19H,2-6,11-16H2,1H3. The summed E-state index contributed by atoms with van der Waals surface area (Å²) < 4.78 is 5.34. The summed E-state index contributed by atoms with van der Waals surface area (Å²) in [6.45, 7) is 5.99. The number of piperidine rings is 1. The van der Waals surface area contributed by atoms with E-state index in [0.717, 1.165) is 38.3 Å². The normalized spacial score (nSPS) is 21.1. The van der Waals surface area contributed by atoms with Gasteiger partial charge in [-0.2, -0.15) is 4.98 Å². The third kappa shape index (κ3) is 5.39. The number of hydrogen-bond acceptors (Lipinski definition) is 6. The molecule has 30 heavy (non-hydrogen) atoms. The van der Waals surface area contributed by atoms with Crippen molar-refractivity contribution in [3.05, 3.63) is 35.2 Å². The van der Waals surface area contributed by atoms with Crippen LogP contribution in [-0.4, -0.2) is 83.1 Å². The van der Waals surface area contributed by atoms with Gasteiger partial charge in [0, 0.05) is 62.2 Å². The molecule has 7 nitrogen and oxygen atoms in total. The summed E-state index contributed by atoms with van der Waals surface area (Å²) in [5.41, 5.74) is 0.868. The van der Waals surface area contributed by atoms with E-state index in [2.05, 4.69) is 27.0 Å². The third-order valence-electron chi connectivity index (χ3n) is 6.13. The van der Waals surface area contributed by atoms with Crippen LogP contribution in [-0.2, 0) is 11.2 Å². The number of rotatable bonds is 6. The monoisotopic (exact) mass is 431 g/mol. The van der Waals surface area contributed by atoms with Crippen LogP contribution in [0.4, 0.5) is 0 Å². The minimum Gasteiger partial charge on any atom is -0.340 e. The number of aromatic nitrogens is 2. The van der Waals surface area contributed by atoms with Gasteiger partial charge in [0.05, 0.1) is 0 Å². The van der Waals surface area contributed by atoms with E-state index in [4.69, 9.17) is 16.1 Å². The Balaban J connectivity index is 1.19. The Kier molecular flexibility index (Phi) is 7.02. The van der Waals surface area contributed by atoms with Crippen molar-refractivity contribution in [3.8, 4) is 11.4 Å². The second-order valence-corrected chi connectivity index (χ2v) is 8.78. The molecule has 2 aliphatic rings. The molecular formula is C22H30ClN5O2. The zero-order valence-corrected chi connectivity index (χ0v) is 18.4. The lowest BCUT2D eigenvalue weighted by Crippen LogP contribution is -2.55. The van der Waals surface area contributed by atoms with Crippen LogP contribution >= 0.6 is 11.6 Å². The molecule has 4 rings (SSSR count). The lowest BCUT2D eigenvalue weighted by atomic mass is 10.0. The summed E-state index contributed by atoms with van der Waals surface area (Å²) in [7, 11) is 2.20. The highest BCUT2D eigenvalue weighted by molar-refractivity contribution is 6.30. The molecule has 2 fully saturated rings. The van der Waals surface area contributed by atoms with Gasteiger partial charge in [-0.1, -0.05) is 16.8 Å². The van der Waals surface area contributed by atoms with E-state index in [1.807, 2.05) is 17.0 Å². The first kappa shape index (κ1) is 21.3. The van der Waals surface area contributed by atoms with Gasteiger partial charge < -0.3 is 14.3 Å². The van der Waals surface area contributed by atoms with Gasteiger partial charge in [-0.25, -0.2) is 0 Å². The van der Waals surface area contributed by atoms with Gasteiger partial charge in [0.25, 0.3) is 0 Å². The number of benzene rings is 1. The fourth-order valence-electron chi connectivity index (χ4n) is 4.40. The molecule has 1 atom stereocenters. The predicted octanol–water partition coefficient (Wildman–Crippen LogP) is 2.95. The van der Waals surface area contributed by atoms with Crippen molar-refractivity contribution in [3.63, 3.8) is 0 Å². The van der Waals surface area contributed by atoms with E-state index in [9.17, 15) is 4.79 Å². The van der Waals surface area contributed by atoms with Crippen molar-refractivity contribution < 1.29 is 9.32 Å². The van der Waals surface area contributed by atoms with Crippen LogP contribution in [0.2, 0.25) is 5.02 Å². The van der Waals surface area contributed by atoms with E-state index in [1.165, 1.54) is 19.4 Å². The first-order valence-electron chi connectivity index (χ1n) is 10.9. The number of hydrogen-bond donors (Lipinski definition) is 0. The van der Waals surface area contributed by atoms with Crippen molar-refractivity contribution in [2.45, 2.75) is 38.1 Å². The quantitative estimate of drug-likeness (QED) is 0.700. The SMILES string of the molecule is CN1CCCC(N2CCN(C(=O)CCCc3nc(-c4ccc(Cl)cc4)no3)CC2)C1. The van der Waals surface area contributed by atoms with Crippen molar-refractivity contribution in [1.29, 1.82) is 0 Å². The maximum atomic E-state index is 12.6. The van der Waals surface area contributed by atoms with Crippen molar-refractivity contribution in [2.75, 3.05) is 46.3 Å². The molecule has 0 radical (unpaired) electrons. The van der Waals surface area contributed by atoms with E-state index < -0.39 is 0 Å². The second-order valence-electron chi connectivity index (χ2n) is 8.35. The summed E-state index contributed by atoms with van der Waals surface area (Å²) in [6, 6.07) is 7.99. The first-order valence-corrected chi connectivity index (χ1v) is 11.2. The maximum absolute atomic E-state index is 12.6. The second kappa shape index (κ2) is 9.90. The Morgan fingerprint density at radius 2 is 1.93 bits per heavy atom. The molecule has 1 aromatic heterocycles. The minimum absolute atomic E-state index is 0.229. The highest BCUT2D eigenvalue weighted by atomic mass is 35.5. The number of amides is 1. The summed E-state index contributed by atoms with van der Waals surface area (Å²) in [4.78, 5) is 24.0. The van der Waals surface area contributed by atoms with Crippen LogP contribution in [0.1, 0.15) is 31.6 Å². The van der Waals surface area contributed by atoms with Crippen LogP contribution in [0.25, 0.3) is 11.4 Å². The number of likely N-dealkylation sites (tertiary alicyclic amines) is 1. The summed E-state index contributed by atoms with van der Waals surface area (Å²) in [5, 5.41) is 4.70. The molecule has 0 saturated carbocycles. The molecule has 0 spiro atoms. The van der Waals surface area contributed by atoms with Gasteiger partial charge in [0.15, 0.2) is 0 Å². The molecule has 3 heterocycles. The average molecular weight is 432 g/mol. The van der Waals surface area contributed by atoms with E-state index in [0.29, 0.717) is 42.0 Å². The Morgan fingerprint density at radius 3 is 2.67 bits per heavy atom. The van der Waals surface area contributed by atoms with Gasteiger partial charge in [0.1, 0.15) is 0 Å². The molecule has 1 amide bonds. The van der Waals surface area contributed by atoms with Crippen LogP contribution in [0, 0.1) is 0 Å². The molecule has 2 aromatic rings. The maximum Gasteiger partial charge on any atom is 0.226 e. The van der Waals surface area contributed by atoms with Crippen molar-refractivity contribution >= 4 is 17.5 Å². The predicted molar refractivity (Wildman–Crippen MR) is 116 cm³/mol. The largest absolute Gasteiger partial charge is 0.340 e. The van der Waals surface area contributed by atoms with Crippen LogP contribution in [0.3, 0.4) is 0 Å². The lowest BCUT2D eigenvalue weighted by Gasteiger charge is -2.42. The van der Waals surface area contributed by atoms with Crippen LogP contribution in [0.5, 0.6) is 0 Å². The summed E-state index contributed by atoms with van der Waals surface area (Å²) in [5.74, 6) is 1.35. The van der Waals surface area contributed by atoms with E-state index in [1.54, 1.807) is 12.1 Å². The molecule has 162 valence electrons. The number of halogens is 1. The van der Waals surface area contributed by atoms with Gasteiger partial charge in [-0.3, -0.25) is 9.69 Å². The lowest BCUT2D eigenvalue weighted by molar-refractivity contribution is -0.133. The van der Waals surface area contributed by atoms with Crippen LogP contribution < -0.4 is 0 Å². The number of aryl methyl sites for hydroxylation is 1. The first-order chi connectivity index (χ1) is 14.6. The number of piperazine rings is 1. The fourth-order valence-corrected chi connectivity index (χ4v) is 4.52. The van der Waals surface area contributed by atoms with Crippen LogP contribution in [0.15, 0.2) is 28.8 Å². The van der Waals surface area contributed by atoms with Gasteiger partial charge >= 0.3 is 0 Å². The van der Waals surface area contributed by atoms with Gasteiger partial charge in [-0.15, -0.1) is 0 Å². The third-order valence-corrected chi connectivity index (χ3v) is 6.39. The van der Waals surface area contributed by atoms with Gasteiger partial charge in [0.2, 0.25) is 17.6 Å². The van der Waals surface area contributed by atoms with E-state index in [-0.39, 0.29) is 5.91 Å². The Labute approximate surface area is 183 Å². The molecule has 0 aliphatic carbocycles. The summed E-state index contributed by atoms with van der Waals surface area (Å²) >= 11 is 5.92. The average Bonchev–Trinajstić information content (AvgIpc) is 3.23. The molecule has 0 bridgehead atoms. The molecule has 0 N–H and O–H groups in total. The smallest absolute Gasteiger partial charge is 0.226 e.